The van der Waals surface area contributed by atoms with E-state index in [2.05, 4.69) is 28.9 Å². The predicted octanol–water partition coefficient (Wildman–Crippen LogP) is 5.91. The van der Waals surface area contributed by atoms with Crippen LogP contribution in [0.2, 0.25) is 0 Å². The number of imide groups is 1. The molecule has 0 saturated heterocycles. The van der Waals surface area contributed by atoms with Crippen LogP contribution < -0.4 is 5.32 Å². The molecule has 5 aromatic rings. The van der Waals surface area contributed by atoms with Gasteiger partial charge in [-0.15, -0.1) is 0 Å². The molecule has 8 heteroatoms. The maximum Gasteiger partial charge on any atom is 0.306 e. The molecule has 0 bridgehead atoms. The SMILES string of the molecule is CCn1c2ccccc2c2cc(NC(=O)[C@H](C)OC(=O)CCCN3C(=O)c4cccc5cccc(c45)C3=O)ccc21. The smallest absolute Gasteiger partial charge is 0.306 e. The molecule has 8 nitrogen and oxygen atoms in total. The molecular formula is C33H29N3O5. The Morgan fingerprint density at radius 3 is 2.24 bits per heavy atom. The van der Waals surface area contributed by atoms with E-state index in [0.717, 1.165) is 33.7 Å². The number of carbonyl (C=O) groups is 4. The number of anilines is 1. The molecule has 0 saturated carbocycles. The lowest BCUT2D eigenvalue weighted by Crippen LogP contribution is -2.41. The zero-order valence-electron chi connectivity index (χ0n) is 22.8. The molecule has 0 aliphatic carbocycles. The molecule has 206 valence electrons. The van der Waals surface area contributed by atoms with Crippen LogP contribution in [0.15, 0.2) is 78.9 Å². The van der Waals surface area contributed by atoms with Gasteiger partial charge < -0.3 is 14.6 Å². The Labute approximate surface area is 236 Å². The van der Waals surface area contributed by atoms with Crippen LogP contribution in [0.3, 0.4) is 0 Å². The zero-order valence-corrected chi connectivity index (χ0v) is 22.8. The van der Waals surface area contributed by atoms with Crippen LogP contribution in [0.25, 0.3) is 32.6 Å². The lowest BCUT2D eigenvalue weighted by Gasteiger charge is -2.27. The molecule has 6 rings (SSSR count). The average molecular weight is 548 g/mol. The Bertz CT molecular complexity index is 1820. The summed E-state index contributed by atoms with van der Waals surface area (Å²) in [6.45, 7) is 4.51. The zero-order chi connectivity index (χ0) is 28.7. The third-order valence-corrected chi connectivity index (χ3v) is 7.65. The summed E-state index contributed by atoms with van der Waals surface area (Å²) < 4.78 is 7.59. The fraction of sp³-hybridized carbons (Fsp3) is 0.212. The molecule has 0 unspecified atom stereocenters. The highest BCUT2D eigenvalue weighted by Gasteiger charge is 2.32. The number of nitrogens with one attached hydrogen (secondary N) is 1. The summed E-state index contributed by atoms with van der Waals surface area (Å²) in [4.78, 5) is 52.6. The van der Waals surface area contributed by atoms with Gasteiger partial charge in [0.2, 0.25) is 0 Å². The fourth-order valence-electron chi connectivity index (χ4n) is 5.69. The second-order valence-electron chi connectivity index (χ2n) is 10.2. The van der Waals surface area contributed by atoms with Crippen molar-refractivity contribution in [2.45, 2.75) is 39.3 Å². The van der Waals surface area contributed by atoms with Crippen molar-refractivity contribution in [3.05, 3.63) is 90.0 Å². The molecule has 1 N–H and O–H groups in total. The summed E-state index contributed by atoms with van der Waals surface area (Å²) in [7, 11) is 0. The number of para-hydroxylation sites is 1. The minimum Gasteiger partial charge on any atom is -0.453 e. The normalized spacial score (nSPS) is 13.7. The first-order valence-electron chi connectivity index (χ1n) is 13.8. The van der Waals surface area contributed by atoms with E-state index in [1.807, 2.05) is 42.5 Å². The molecule has 0 radical (unpaired) electrons. The summed E-state index contributed by atoms with van der Waals surface area (Å²) in [6, 6.07) is 24.6. The van der Waals surface area contributed by atoms with Crippen molar-refractivity contribution in [2.24, 2.45) is 0 Å². The van der Waals surface area contributed by atoms with Crippen LogP contribution >= 0.6 is 0 Å². The molecule has 1 aliphatic rings. The van der Waals surface area contributed by atoms with E-state index < -0.39 is 18.0 Å². The first-order chi connectivity index (χ1) is 19.9. The Morgan fingerprint density at radius 2 is 1.54 bits per heavy atom. The highest BCUT2D eigenvalue weighted by atomic mass is 16.5. The number of amides is 3. The van der Waals surface area contributed by atoms with Crippen LogP contribution in [-0.4, -0.2) is 45.8 Å². The van der Waals surface area contributed by atoms with E-state index >= 15 is 0 Å². The van der Waals surface area contributed by atoms with Gasteiger partial charge in [-0.1, -0.05) is 42.5 Å². The Hall–Kier alpha value is -4.98. The minimum absolute atomic E-state index is 0.0387. The number of hydrogen-bond donors (Lipinski definition) is 1. The van der Waals surface area contributed by atoms with Gasteiger partial charge in [-0.25, -0.2) is 0 Å². The standard InChI is InChI=1S/C33H29N3O5/c1-3-35-27-14-5-4-11-23(27)26-19-22(16-17-28(26)35)34-31(38)20(2)41-29(37)15-8-18-36-32(39)24-12-6-9-21-10-7-13-25(30(21)24)33(36)40/h4-7,9-14,16-17,19-20H,3,8,15,18H2,1-2H3,(H,34,38)/t20-/m0/s1. The van der Waals surface area contributed by atoms with E-state index in [-0.39, 0.29) is 31.2 Å². The van der Waals surface area contributed by atoms with Gasteiger partial charge >= 0.3 is 5.97 Å². The van der Waals surface area contributed by atoms with Crippen LogP contribution in [0.4, 0.5) is 5.69 Å². The highest BCUT2D eigenvalue weighted by Crippen LogP contribution is 2.32. The van der Waals surface area contributed by atoms with Crippen molar-refractivity contribution in [2.75, 3.05) is 11.9 Å². The van der Waals surface area contributed by atoms with Crippen molar-refractivity contribution in [1.82, 2.24) is 9.47 Å². The number of esters is 1. The van der Waals surface area contributed by atoms with Crippen LogP contribution in [0.1, 0.15) is 47.4 Å². The third kappa shape index (κ3) is 4.61. The van der Waals surface area contributed by atoms with Crippen LogP contribution in [0.5, 0.6) is 0 Å². The van der Waals surface area contributed by atoms with E-state index in [0.29, 0.717) is 22.2 Å². The van der Waals surface area contributed by atoms with E-state index in [9.17, 15) is 19.2 Å². The van der Waals surface area contributed by atoms with Crippen molar-refractivity contribution in [3.63, 3.8) is 0 Å². The van der Waals surface area contributed by atoms with Gasteiger partial charge in [0.25, 0.3) is 17.7 Å². The predicted molar refractivity (Wildman–Crippen MR) is 158 cm³/mol. The molecule has 0 fully saturated rings. The number of benzene rings is 4. The third-order valence-electron chi connectivity index (χ3n) is 7.65. The number of rotatable bonds is 8. The molecule has 2 heterocycles. The summed E-state index contributed by atoms with van der Waals surface area (Å²) in [5.41, 5.74) is 3.77. The Morgan fingerprint density at radius 1 is 0.854 bits per heavy atom. The number of fused-ring (bicyclic) bond motifs is 3. The number of carbonyl (C=O) groups excluding carboxylic acids is 4. The maximum atomic E-state index is 13.0. The molecular weight excluding hydrogens is 518 g/mol. The van der Waals surface area contributed by atoms with Gasteiger partial charge in [-0.05, 0) is 62.1 Å². The summed E-state index contributed by atoms with van der Waals surface area (Å²) in [5.74, 6) is -1.77. The fourth-order valence-corrected chi connectivity index (χ4v) is 5.69. The average Bonchev–Trinajstić information content (AvgIpc) is 3.30. The number of aryl methyl sites for hydroxylation is 1. The van der Waals surface area contributed by atoms with Crippen LogP contribution in [-0.2, 0) is 20.9 Å². The van der Waals surface area contributed by atoms with E-state index in [4.69, 9.17) is 4.74 Å². The lowest BCUT2D eigenvalue weighted by atomic mass is 9.94. The number of ether oxygens (including phenoxy) is 1. The summed E-state index contributed by atoms with van der Waals surface area (Å²) in [5, 5.41) is 6.48. The van der Waals surface area contributed by atoms with Gasteiger partial charge in [-0.2, -0.15) is 0 Å². The quantitative estimate of drug-likeness (QED) is 0.192. The first-order valence-corrected chi connectivity index (χ1v) is 13.8. The number of aromatic nitrogens is 1. The minimum atomic E-state index is -1.02. The molecule has 4 aromatic carbocycles. The van der Waals surface area contributed by atoms with Crippen molar-refractivity contribution >= 4 is 62.0 Å². The molecule has 1 aromatic heterocycles. The van der Waals surface area contributed by atoms with Crippen molar-refractivity contribution in [1.29, 1.82) is 0 Å². The van der Waals surface area contributed by atoms with E-state index in [1.54, 1.807) is 24.3 Å². The van der Waals surface area contributed by atoms with Gasteiger partial charge in [0.15, 0.2) is 6.10 Å². The lowest BCUT2D eigenvalue weighted by molar-refractivity contribution is -0.153. The van der Waals surface area contributed by atoms with E-state index in [1.165, 1.54) is 11.8 Å². The largest absolute Gasteiger partial charge is 0.453 e. The topological polar surface area (TPSA) is 97.7 Å². The van der Waals surface area contributed by atoms with Crippen LogP contribution in [0, 0.1) is 0 Å². The highest BCUT2D eigenvalue weighted by molar-refractivity contribution is 6.25. The molecule has 0 spiro atoms. The molecule has 1 aliphatic heterocycles. The van der Waals surface area contributed by atoms with Crippen molar-refractivity contribution in [3.8, 4) is 0 Å². The monoisotopic (exact) mass is 547 g/mol. The molecule has 41 heavy (non-hydrogen) atoms. The molecule has 1 atom stereocenters. The second kappa shape index (κ2) is 10.5. The van der Waals surface area contributed by atoms with Gasteiger partial charge in [0, 0.05) is 63.5 Å². The number of hydrogen-bond acceptors (Lipinski definition) is 5. The summed E-state index contributed by atoms with van der Waals surface area (Å²) in [6.07, 6.45) is -0.831. The summed E-state index contributed by atoms with van der Waals surface area (Å²) >= 11 is 0. The van der Waals surface area contributed by atoms with Gasteiger partial charge in [0.1, 0.15) is 0 Å². The molecule has 3 amide bonds. The maximum absolute atomic E-state index is 13.0. The Balaban J connectivity index is 1.06. The first kappa shape index (κ1) is 26.3. The van der Waals surface area contributed by atoms with Gasteiger partial charge in [0.05, 0.1) is 0 Å². The Kier molecular flexibility index (Phi) is 6.75. The van der Waals surface area contributed by atoms with Crippen molar-refractivity contribution < 1.29 is 23.9 Å². The number of nitrogens with zero attached hydrogens (tertiary/aromatic N) is 2. The second-order valence-corrected chi connectivity index (χ2v) is 10.2. The van der Waals surface area contributed by atoms with Gasteiger partial charge in [-0.3, -0.25) is 24.1 Å².